The van der Waals surface area contributed by atoms with E-state index in [4.69, 9.17) is 4.74 Å². The van der Waals surface area contributed by atoms with Crippen LogP contribution >= 0.6 is 0 Å². The summed E-state index contributed by atoms with van der Waals surface area (Å²) in [6.07, 6.45) is 9.44. The van der Waals surface area contributed by atoms with Gasteiger partial charge >= 0.3 is 0 Å². The van der Waals surface area contributed by atoms with Crippen molar-refractivity contribution in [1.29, 1.82) is 0 Å². The molecule has 30 heavy (non-hydrogen) atoms. The van der Waals surface area contributed by atoms with E-state index in [0.717, 1.165) is 51.6 Å². The number of nitrogens with one attached hydrogen (secondary N) is 2. The molecule has 5 atom stereocenters. The molecule has 2 saturated carbocycles. The number of halogens is 1. The zero-order valence-electron chi connectivity index (χ0n) is 18.3. The van der Waals surface area contributed by atoms with Gasteiger partial charge in [0.05, 0.1) is 17.6 Å². The molecular formula is C23H39FN4O2. The van der Waals surface area contributed by atoms with Crippen molar-refractivity contribution in [3.63, 3.8) is 0 Å². The lowest BCUT2D eigenvalue weighted by atomic mass is 9.84. The third-order valence-corrected chi connectivity index (χ3v) is 8.23. The second kappa shape index (κ2) is 9.00. The monoisotopic (exact) mass is 422 g/mol. The molecule has 5 fully saturated rings. The summed E-state index contributed by atoms with van der Waals surface area (Å²) < 4.78 is 20.6. The number of rotatable bonds is 3. The number of hydrogen-bond donors (Lipinski definition) is 2. The van der Waals surface area contributed by atoms with E-state index in [2.05, 4.69) is 20.7 Å². The first-order valence-electron chi connectivity index (χ1n) is 12.4. The number of alkyl halides is 1. The van der Waals surface area contributed by atoms with Crippen LogP contribution in [0.3, 0.4) is 0 Å². The van der Waals surface area contributed by atoms with Gasteiger partial charge in [-0.15, -0.1) is 0 Å². The van der Waals surface area contributed by atoms with E-state index < -0.39 is 6.17 Å². The Balaban J connectivity index is 1.18. The van der Waals surface area contributed by atoms with Crippen LogP contribution in [-0.4, -0.2) is 79.0 Å². The van der Waals surface area contributed by atoms with Crippen LogP contribution in [0, 0.1) is 11.8 Å². The molecule has 5 rings (SSSR count). The van der Waals surface area contributed by atoms with Crippen molar-refractivity contribution < 1.29 is 13.9 Å². The second-order valence-electron chi connectivity index (χ2n) is 10.6. The van der Waals surface area contributed by atoms with Crippen molar-refractivity contribution in [2.75, 3.05) is 39.3 Å². The van der Waals surface area contributed by atoms with Gasteiger partial charge in [0.1, 0.15) is 6.17 Å². The summed E-state index contributed by atoms with van der Waals surface area (Å²) in [6, 6.07) is 0.722. The number of carbonyl (C=O) groups excluding carboxylic acids is 1. The Morgan fingerprint density at radius 2 is 2.00 bits per heavy atom. The van der Waals surface area contributed by atoms with Gasteiger partial charge in [-0.3, -0.25) is 10.2 Å². The SMILES string of the molecule is O=C1NC[C@@]2(CCCN(CC3CNN(C4CCCCC4)C3)C2)OC2CCC(F)CC12. The van der Waals surface area contributed by atoms with E-state index in [1.54, 1.807) is 0 Å². The average molecular weight is 423 g/mol. The predicted molar refractivity (Wildman–Crippen MR) is 114 cm³/mol. The van der Waals surface area contributed by atoms with E-state index in [-0.39, 0.29) is 23.5 Å². The number of amides is 1. The molecule has 7 heteroatoms. The van der Waals surface area contributed by atoms with Crippen LogP contribution < -0.4 is 10.7 Å². The Labute approximate surface area is 180 Å². The number of hydrogen-bond acceptors (Lipinski definition) is 5. The van der Waals surface area contributed by atoms with Crippen LogP contribution in [0.2, 0.25) is 0 Å². The van der Waals surface area contributed by atoms with Crippen molar-refractivity contribution in [2.24, 2.45) is 11.8 Å². The molecule has 0 aromatic rings. The molecule has 1 amide bonds. The van der Waals surface area contributed by atoms with E-state index in [0.29, 0.717) is 31.7 Å². The van der Waals surface area contributed by atoms with Crippen molar-refractivity contribution in [3.05, 3.63) is 0 Å². The summed E-state index contributed by atoms with van der Waals surface area (Å²) in [5, 5.41) is 5.63. The first-order valence-corrected chi connectivity index (χ1v) is 12.4. The fraction of sp³-hybridized carbons (Fsp3) is 0.957. The summed E-state index contributed by atoms with van der Waals surface area (Å²) in [5.41, 5.74) is 3.38. The molecule has 170 valence electrons. The molecule has 0 aromatic heterocycles. The van der Waals surface area contributed by atoms with E-state index in [9.17, 15) is 9.18 Å². The van der Waals surface area contributed by atoms with Crippen LogP contribution in [-0.2, 0) is 9.53 Å². The van der Waals surface area contributed by atoms with Crippen molar-refractivity contribution in [1.82, 2.24) is 20.7 Å². The third-order valence-electron chi connectivity index (χ3n) is 8.23. The summed E-state index contributed by atoms with van der Waals surface area (Å²) >= 11 is 0. The number of hydrazine groups is 1. The molecule has 3 aliphatic heterocycles. The maximum absolute atomic E-state index is 13.9. The third kappa shape index (κ3) is 4.54. The van der Waals surface area contributed by atoms with Gasteiger partial charge in [-0.05, 0) is 57.4 Å². The molecule has 0 aromatic carbocycles. The molecule has 0 bridgehead atoms. The quantitative estimate of drug-likeness (QED) is 0.731. The topological polar surface area (TPSA) is 56.8 Å². The summed E-state index contributed by atoms with van der Waals surface area (Å²) in [4.78, 5) is 15.1. The Kier molecular flexibility index (Phi) is 6.33. The highest BCUT2D eigenvalue weighted by Gasteiger charge is 2.47. The summed E-state index contributed by atoms with van der Waals surface area (Å²) in [6.45, 7) is 5.88. The second-order valence-corrected chi connectivity index (χ2v) is 10.6. The molecule has 4 unspecified atom stereocenters. The van der Waals surface area contributed by atoms with Crippen LogP contribution in [0.4, 0.5) is 4.39 Å². The lowest BCUT2D eigenvalue weighted by Gasteiger charge is -2.45. The van der Waals surface area contributed by atoms with Crippen LogP contribution in [0.5, 0.6) is 0 Å². The van der Waals surface area contributed by atoms with Gasteiger partial charge in [-0.2, -0.15) is 0 Å². The van der Waals surface area contributed by atoms with Gasteiger partial charge in [0.15, 0.2) is 0 Å². The van der Waals surface area contributed by atoms with Gasteiger partial charge < -0.3 is 15.0 Å². The largest absolute Gasteiger partial charge is 0.368 e. The average Bonchev–Trinajstić information content (AvgIpc) is 3.18. The number of likely N-dealkylation sites (tertiary alicyclic amines) is 1. The zero-order valence-corrected chi connectivity index (χ0v) is 18.3. The van der Waals surface area contributed by atoms with Gasteiger partial charge in [-0.25, -0.2) is 9.40 Å². The minimum atomic E-state index is -0.862. The number of piperidine rings is 1. The van der Waals surface area contributed by atoms with Crippen LogP contribution in [0.15, 0.2) is 0 Å². The predicted octanol–water partition coefficient (Wildman–Crippen LogP) is 2.24. The van der Waals surface area contributed by atoms with Crippen LogP contribution in [0.25, 0.3) is 0 Å². The first kappa shape index (κ1) is 21.1. The molecule has 2 aliphatic carbocycles. The number of ether oxygens (including phenoxy) is 1. The number of fused-ring (bicyclic) bond motifs is 1. The minimum Gasteiger partial charge on any atom is -0.368 e. The summed E-state index contributed by atoms with van der Waals surface area (Å²) in [5.74, 6) is 0.336. The Morgan fingerprint density at radius 3 is 2.87 bits per heavy atom. The maximum Gasteiger partial charge on any atom is 0.225 e. The molecule has 5 aliphatic rings. The van der Waals surface area contributed by atoms with Crippen LogP contribution in [0.1, 0.15) is 64.2 Å². The Morgan fingerprint density at radius 1 is 1.13 bits per heavy atom. The molecule has 6 nitrogen and oxygen atoms in total. The highest BCUT2D eigenvalue weighted by atomic mass is 19.1. The maximum atomic E-state index is 13.9. The highest BCUT2D eigenvalue weighted by Crippen LogP contribution is 2.37. The number of nitrogens with zero attached hydrogens (tertiary/aromatic N) is 2. The zero-order chi connectivity index (χ0) is 20.6. The standard InChI is InChI=1S/C23H39FN4O2/c24-18-7-8-21-20(11-18)22(29)25-15-23(30-21)9-4-10-27(16-23)13-17-12-26-28(14-17)19-5-2-1-3-6-19/h17-21,26H,1-16H2,(H,25,29)/t17?,18?,20?,21?,23-/m1/s1. The van der Waals surface area contributed by atoms with Gasteiger partial charge in [0, 0.05) is 38.8 Å². The molecule has 0 radical (unpaired) electrons. The van der Waals surface area contributed by atoms with Gasteiger partial charge in [-0.1, -0.05) is 19.3 Å². The molecule has 1 spiro atoms. The smallest absolute Gasteiger partial charge is 0.225 e. The molecule has 3 saturated heterocycles. The van der Waals surface area contributed by atoms with Gasteiger partial charge in [0.2, 0.25) is 5.91 Å². The lowest BCUT2D eigenvalue weighted by Crippen LogP contribution is -2.56. The molecular weight excluding hydrogens is 383 g/mol. The van der Waals surface area contributed by atoms with Crippen molar-refractivity contribution >= 4 is 5.91 Å². The fourth-order valence-corrected chi connectivity index (χ4v) is 6.65. The van der Waals surface area contributed by atoms with Gasteiger partial charge in [0.25, 0.3) is 0 Å². The molecule has 2 N–H and O–H groups in total. The summed E-state index contributed by atoms with van der Waals surface area (Å²) in [7, 11) is 0. The van der Waals surface area contributed by atoms with Crippen molar-refractivity contribution in [2.45, 2.75) is 88.1 Å². The fourth-order valence-electron chi connectivity index (χ4n) is 6.65. The first-order chi connectivity index (χ1) is 14.6. The van der Waals surface area contributed by atoms with Crippen molar-refractivity contribution in [3.8, 4) is 0 Å². The van der Waals surface area contributed by atoms with E-state index in [1.165, 1.54) is 32.1 Å². The van der Waals surface area contributed by atoms with E-state index >= 15 is 0 Å². The highest BCUT2D eigenvalue weighted by molar-refractivity contribution is 5.79. The Hall–Kier alpha value is -0.760. The number of carbonyl (C=O) groups is 1. The normalized spacial score (nSPS) is 42.1. The molecule has 3 heterocycles. The minimum absolute atomic E-state index is 0.000495. The Bertz CT molecular complexity index is 616. The van der Waals surface area contributed by atoms with E-state index in [1.807, 2.05) is 0 Å². The lowest BCUT2D eigenvalue weighted by molar-refractivity contribution is -0.149.